The molecule has 1 aromatic heterocycles. The maximum absolute atomic E-state index is 12.8. The zero-order valence-corrected chi connectivity index (χ0v) is 16.1. The standard InChI is InChI=1S/C20H27N3OS/c1-14-13-25-20(21-14)18-11-7-8-12-23(18)16(3)19(24)22-15(2)17-9-5-4-6-10-17/h4-6,9-10,13,15-16,18H,7-8,11-12H2,1-3H3,(H,22,24). The number of amides is 1. The Morgan fingerprint density at radius 2 is 2.04 bits per heavy atom. The highest BCUT2D eigenvalue weighted by Gasteiger charge is 2.33. The van der Waals surface area contributed by atoms with Gasteiger partial charge in [0.15, 0.2) is 0 Å². The molecule has 25 heavy (non-hydrogen) atoms. The first kappa shape index (κ1) is 18.1. The molecule has 1 aromatic carbocycles. The lowest BCUT2D eigenvalue weighted by atomic mass is 10.00. The van der Waals surface area contributed by atoms with Crippen molar-refractivity contribution in [3.8, 4) is 0 Å². The zero-order valence-electron chi connectivity index (χ0n) is 15.2. The van der Waals surface area contributed by atoms with Gasteiger partial charge in [-0.05, 0) is 45.7 Å². The highest BCUT2D eigenvalue weighted by Crippen LogP contribution is 2.34. The minimum Gasteiger partial charge on any atom is -0.348 e. The third kappa shape index (κ3) is 4.28. The lowest BCUT2D eigenvalue weighted by Crippen LogP contribution is -2.48. The zero-order chi connectivity index (χ0) is 17.8. The van der Waals surface area contributed by atoms with E-state index in [2.05, 4.69) is 32.7 Å². The summed E-state index contributed by atoms with van der Waals surface area (Å²) in [6.45, 7) is 7.05. The molecule has 5 heteroatoms. The number of benzene rings is 1. The molecule has 134 valence electrons. The molecule has 2 aromatic rings. The van der Waals surface area contributed by atoms with E-state index in [9.17, 15) is 4.79 Å². The van der Waals surface area contributed by atoms with Gasteiger partial charge >= 0.3 is 0 Å². The molecular weight excluding hydrogens is 330 g/mol. The number of aryl methyl sites for hydroxylation is 1. The summed E-state index contributed by atoms with van der Waals surface area (Å²) in [5, 5.41) is 6.42. The molecule has 1 saturated heterocycles. The third-order valence-electron chi connectivity index (χ3n) is 5.00. The van der Waals surface area contributed by atoms with E-state index in [0.717, 1.165) is 35.7 Å². The second kappa shape index (κ2) is 8.11. The van der Waals surface area contributed by atoms with Gasteiger partial charge in [-0.25, -0.2) is 4.98 Å². The summed E-state index contributed by atoms with van der Waals surface area (Å²) in [5.74, 6) is 0.0940. The van der Waals surface area contributed by atoms with Crippen molar-refractivity contribution in [2.24, 2.45) is 0 Å². The van der Waals surface area contributed by atoms with Gasteiger partial charge in [0.05, 0.1) is 18.1 Å². The normalized spacial score (nSPS) is 20.8. The summed E-state index contributed by atoms with van der Waals surface area (Å²) in [5.41, 5.74) is 2.20. The fourth-order valence-corrected chi connectivity index (χ4v) is 4.47. The van der Waals surface area contributed by atoms with Crippen LogP contribution in [-0.2, 0) is 4.79 Å². The molecule has 1 amide bonds. The topological polar surface area (TPSA) is 45.2 Å². The molecule has 3 rings (SSSR count). The Morgan fingerprint density at radius 3 is 2.72 bits per heavy atom. The molecule has 1 aliphatic heterocycles. The second-order valence-electron chi connectivity index (χ2n) is 6.89. The van der Waals surface area contributed by atoms with Gasteiger partial charge < -0.3 is 5.32 Å². The molecule has 3 atom stereocenters. The average Bonchev–Trinajstić information content (AvgIpc) is 3.08. The Morgan fingerprint density at radius 1 is 1.28 bits per heavy atom. The molecule has 0 aliphatic carbocycles. The molecule has 2 heterocycles. The number of hydrogen-bond donors (Lipinski definition) is 1. The van der Waals surface area contributed by atoms with Crippen molar-refractivity contribution in [2.45, 2.75) is 58.2 Å². The summed E-state index contributed by atoms with van der Waals surface area (Å²) in [6.07, 6.45) is 3.43. The van der Waals surface area contributed by atoms with Gasteiger partial charge in [-0.2, -0.15) is 0 Å². The monoisotopic (exact) mass is 357 g/mol. The lowest BCUT2D eigenvalue weighted by Gasteiger charge is -2.38. The predicted molar refractivity (Wildman–Crippen MR) is 103 cm³/mol. The molecule has 0 spiro atoms. The van der Waals surface area contributed by atoms with Crippen molar-refractivity contribution in [2.75, 3.05) is 6.54 Å². The largest absolute Gasteiger partial charge is 0.348 e. The van der Waals surface area contributed by atoms with E-state index < -0.39 is 0 Å². The van der Waals surface area contributed by atoms with Gasteiger partial charge in [0.2, 0.25) is 5.91 Å². The first-order valence-electron chi connectivity index (χ1n) is 9.09. The highest BCUT2D eigenvalue weighted by molar-refractivity contribution is 7.09. The lowest BCUT2D eigenvalue weighted by molar-refractivity contribution is -0.128. The van der Waals surface area contributed by atoms with Gasteiger partial charge in [0.25, 0.3) is 0 Å². The van der Waals surface area contributed by atoms with E-state index >= 15 is 0 Å². The number of nitrogens with one attached hydrogen (secondary N) is 1. The number of nitrogens with zero attached hydrogens (tertiary/aromatic N) is 2. The highest BCUT2D eigenvalue weighted by atomic mass is 32.1. The van der Waals surface area contributed by atoms with Crippen molar-refractivity contribution in [3.63, 3.8) is 0 Å². The molecule has 4 nitrogen and oxygen atoms in total. The predicted octanol–water partition coefficient (Wildman–Crippen LogP) is 4.24. The fraction of sp³-hybridized carbons (Fsp3) is 0.500. The maximum Gasteiger partial charge on any atom is 0.237 e. The Kier molecular flexibility index (Phi) is 5.86. The number of piperidine rings is 1. The third-order valence-corrected chi connectivity index (χ3v) is 6.07. The van der Waals surface area contributed by atoms with Crippen LogP contribution in [0.1, 0.15) is 61.5 Å². The van der Waals surface area contributed by atoms with Crippen LogP contribution < -0.4 is 5.32 Å². The average molecular weight is 358 g/mol. The summed E-state index contributed by atoms with van der Waals surface area (Å²) < 4.78 is 0. The van der Waals surface area contributed by atoms with Crippen molar-refractivity contribution in [3.05, 3.63) is 52.0 Å². The smallest absolute Gasteiger partial charge is 0.237 e. The number of carbonyl (C=O) groups is 1. The summed E-state index contributed by atoms with van der Waals surface area (Å²) >= 11 is 1.72. The molecule has 0 saturated carbocycles. The van der Waals surface area contributed by atoms with Crippen LogP contribution in [-0.4, -0.2) is 28.4 Å². The number of carbonyl (C=O) groups excluding carboxylic acids is 1. The van der Waals surface area contributed by atoms with Gasteiger partial charge in [0.1, 0.15) is 5.01 Å². The van der Waals surface area contributed by atoms with Crippen molar-refractivity contribution >= 4 is 17.2 Å². The SMILES string of the molecule is Cc1csc(C2CCCCN2C(C)C(=O)NC(C)c2ccccc2)n1. The Hall–Kier alpha value is -1.72. The van der Waals surface area contributed by atoms with E-state index in [1.165, 1.54) is 6.42 Å². The van der Waals surface area contributed by atoms with Gasteiger partial charge in [0, 0.05) is 11.1 Å². The fourth-order valence-electron chi connectivity index (χ4n) is 3.52. The van der Waals surface area contributed by atoms with Crippen LogP contribution >= 0.6 is 11.3 Å². The van der Waals surface area contributed by atoms with Crippen LogP contribution in [0.5, 0.6) is 0 Å². The number of rotatable bonds is 5. The van der Waals surface area contributed by atoms with Gasteiger partial charge in [-0.1, -0.05) is 36.8 Å². The van der Waals surface area contributed by atoms with Gasteiger partial charge in [-0.15, -0.1) is 11.3 Å². The molecule has 0 radical (unpaired) electrons. The minimum absolute atomic E-state index is 0.0153. The molecule has 0 bridgehead atoms. The first-order chi connectivity index (χ1) is 12.1. The molecule has 3 unspecified atom stereocenters. The van der Waals surface area contributed by atoms with E-state index in [0.29, 0.717) is 0 Å². The maximum atomic E-state index is 12.8. The van der Waals surface area contributed by atoms with Crippen LogP contribution in [0, 0.1) is 6.92 Å². The number of likely N-dealkylation sites (tertiary alicyclic amines) is 1. The number of thiazole rings is 1. The Labute approximate surface area is 154 Å². The van der Waals surface area contributed by atoms with Crippen molar-refractivity contribution < 1.29 is 4.79 Å². The summed E-state index contributed by atoms with van der Waals surface area (Å²) in [6, 6.07) is 10.2. The van der Waals surface area contributed by atoms with E-state index in [4.69, 9.17) is 0 Å². The van der Waals surface area contributed by atoms with Crippen LogP contribution in [0.15, 0.2) is 35.7 Å². The Balaban J connectivity index is 1.69. The van der Waals surface area contributed by atoms with E-state index in [1.54, 1.807) is 11.3 Å². The molecule has 1 fully saturated rings. The van der Waals surface area contributed by atoms with E-state index in [-0.39, 0.29) is 24.0 Å². The van der Waals surface area contributed by atoms with Crippen LogP contribution in [0.2, 0.25) is 0 Å². The summed E-state index contributed by atoms with van der Waals surface area (Å²) in [4.78, 5) is 19.8. The summed E-state index contributed by atoms with van der Waals surface area (Å²) in [7, 11) is 0. The van der Waals surface area contributed by atoms with E-state index in [1.807, 2.05) is 39.0 Å². The minimum atomic E-state index is -0.152. The Bertz CT molecular complexity index is 700. The molecular formula is C20H27N3OS. The van der Waals surface area contributed by atoms with Crippen LogP contribution in [0.3, 0.4) is 0 Å². The van der Waals surface area contributed by atoms with Crippen LogP contribution in [0.4, 0.5) is 0 Å². The van der Waals surface area contributed by atoms with Gasteiger partial charge in [-0.3, -0.25) is 9.69 Å². The molecule has 1 N–H and O–H groups in total. The molecule has 1 aliphatic rings. The number of hydrogen-bond acceptors (Lipinski definition) is 4. The second-order valence-corrected chi connectivity index (χ2v) is 7.78. The quantitative estimate of drug-likeness (QED) is 0.870. The van der Waals surface area contributed by atoms with Crippen molar-refractivity contribution in [1.29, 1.82) is 0 Å². The first-order valence-corrected chi connectivity index (χ1v) is 9.97. The van der Waals surface area contributed by atoms with Crippen molar-refractivity contribution in [1.82, 2.24) is 15.2 Å². The van der Waals surface area contributed by atoms with Crippen LogP contribution in [0.25, 0.3) is 0 Å². The number of aromatic nitrogens is 1.